The van der Waals surface area contributed by atoms with Crippen LogP contribution in [0.4, 0.5) is 4.79 Å². The predicted octanol–water partition coefficient (Wildman–Crippen LogP) is 4.67. The van der Waals surface area contributed by atoms with Crippen molar-refractivity contribution in [1.29, 1.82) is 0 Å². The Kier molecular flexibility index (Phi) is 14.0. The van der Waals surface area contributed by atoms with Crippen molar-refractivity contribution in [2.45, 2.75) is 91.3 Å². The fourth-order valence-electron chi connectivity index (χ4n) is 4.56. The van der Waals surface area contributed by atoms with Crippen LogP contribution in [0.25, 0.3) is 0 Å². The van der Waals surface area contributed by atoms with Crippen molar-refractivity contribution in [3.8, 4) is 11.5 Å². The van der Waals surface area contributed by atoms with Crippen LogP contribution < -0.4 is 10.6 Å². The molecule has 4 N–H and O–H groups in total. The van der Waals surface area contributed by atoms with Crippen LogP contribution in [0.5, 0.6) is 11.5 Å². The maximum absolute atomic E-state index is 14.5. The van der Waals surface area contributed by atoms with E-state index in [2.05, 4.69) is 10.6 Å². The Morgan fingerprint density at radius 3 is 2.25 bits per heavy atom. The summed E-state index contributed by atoms with van der Waals surface area (Å²) in [6.45, 7) is 11.0. The first-order valence-electron chi connectivity index (χ1n) is 15.1. The Hall–Kier alpha value is -4.28. The van der Waals surface area contributed by atoms with Gasteiger partial charge in [0.15, 0.2) is 0 Å². The molecule has 0 aliphatic carbocycles. The maximum Gasteiger partial charge on any atom is 0.408 e. The molecular formula is C33H47N3O8. The van der Waals surface area contributed by atoms with Gasteiger partial charge in [-0.2, -0.15) is 0 Å². The van der Waals surface area contributed by atoms with Crippen molar-refractivity contribution in [2.24, 2.45) is 0 Å². The van der Waals surface area contributed by atoms with E-state index >= 15 is 0 Å². The molecule has 3 amide bonds. The lowest BCUT2D eigenvalue weighted by atomic mass is 9.98. The molecule has 2 atom stereocenters. The summed E-state index contributed by atoms with van der Waals surface area (Å²) in [4.78, 5) is 54.5. The number of esters is 1. The fraction of sp³-hybridized carbons (Fsp3) is 0.515. The molecular weight excluding hydrogens is 566 g/mol. The number of nitrogens with zero attached hydrogens (tertiary/aromatic N) is 1. The third kappa shape index (κ3) is 11.8. The molecule has 0 fully saturated rings. The number of aryl methyl sites for hydroxylation is 1. The van der Waals surface area contributed by atoms with Gasteiger partial charge >= 0.3 is 12.1 Å². The van der Waals surface area contributed by atoms with Gasteiger partial charge in [0, 0.05) is 19.5 Å². The van der Waals surface area contributed by atoms with Crippen molar-refractivity contribution >= 4 is 23.9 Å². The van der Waals surface area contributed by atoms with E-state index in [0.29, 0.717) is 23.1 Å². The van der Waals surface area contributed by atoms with Crippen molar-refractivity contribution in [2.75, 3.05) is 19.7 Å². The highest BCUT2D eigenvalue weighted by atomic mass is 16.6. The number of hydrogen-bond donors (Lipinski definition) is 4. The molecule has 0 spiro atoms. The van der Waals surface area contributed by atoms with E-state index in [4.69, 9.17) is 9.47 Å². The largest absolute Gasteiger partial charge is 0.508 e. The number of ether oxygens (including phenoxy) is 2. The molecule has 11 heteroatoms. The van der Waals surface area contributed by atoms with E-state index in [1.807, 2.05) is 6.92 Å². The summed E-state index contributed by atoms with van der Waals surface area (Å²) in [5, 5.41) is 25.4. The number of unbranched alkanes of at least 4 members (excludes halogenated alkanes) is 2. The molecule has 0 heterocycles. The second kappa shape index (κ2) is 17.1. The molecule has 0 bridgehead atoms. The van der Waals surface area contributed by atoms with Gasteiger partial charge in [-0.3, -0.25) is 14.4 Å². The van der Waals surface area contributed by atoms with Gasteiger partial charge in [0.2, 0.25) is 11.8 Å². The standard InChI is InChI=1S/C33H47N3O8/c1-7-9-10-19-36(29(24-13-16-27(38)22(3)20-24)30(40)34-18-17-28(39)43-8-2)31(41)26(35-32(42)44-33(4,5)6)21-23-11-14-25(37)15-12-23/h11-16,20,26,29,37-38H,7-10,17-19,21H2,1-6H3,(H,34,40)(H,35,42). The number of alkyl carbamates (subject to hydrolysis) is 1. The second-order valence-corrected chi connectivity index (χ2v) is 11.6. The number of amides is 3. The fourth-order valence-corrected chi connectivity index (χ4v) is 4.56. The van der Waals surface area contributed by atoms with E-state index in [0.717, 1.165) is 12.8 Å². The van der Waals surface area contributed by atoms with E-state index < -0.39 is 41.6 Å². The van der Waals surface area contributed by atoms with Crippen molar-refractivity contribution in [3.05, 3.63) is 59.2 Å². The molecule has 0 radical (unpaired) electrons. The monoisotopic (exact) mass is 613 g/mol. The van der Waals surface area contributed by atoms with Crippen LogP contribution in [0.1, 0.15) is 83.0 Å². The number of hydrogen-bond acceptors (Lipinski definition) is 8. The molecule has 0 saturated heterocycles. The smallest absolute Gasteiger partial charge is 0.408 e. The first kappa shape index (κ1) is 35.9. The summed E-state index contributed by atoms with van der Waals surface area (Å²) in [5.74, 6) is -1.41. The van der Waals surface area contributed by atoms with E-state index in [1.165, 1.54) is 23.1 Å². The number of phenols is 2. The minimum atomic E-state index is -1.14. The van der Waals surface area contributed by atoms with Gasteiger partial charge in [0.1, 0.15) is 29.2 Å². The molecule has 11 nitrogen and oxygen atoms in total. The lowest BCUT2D eigenvalue weighted by Crippen LogP contribution is -2.54. The van der Waals surface area contributed by atoms with Gasteiger partial charge in [-0.25, -0.2) is 4.79 Å². The maximum atomic E-state index is 14.5. The minimum absolute atomic E-state index is 0.00464. The molecule has 2 unspecified atom stereocenters. The van der Waals surface area contributed by atoms with Gasteiger partial charge < -0.3 is 35.2 Å². The van der Waals surface area contributed by atoms with Crippen LogP contribution in [-0.2, 0) is 30.3 Å². The molecule has 2 aromatic carbocycles. The summed E-state index contributed by atoms with van der Waals surface area (Å²) in [7, 11) is 0. The zero-order chi connectivity index (χ0) is 32.9. The molecule has 2 rings (SSSR count). The third-order valence-electron chi connectivity index (χ3n) is 6.68. The molecule has 44 heavy (non-hydrogen) atoms. The quantitative estimate of drug-likeness (QED) is 0.167. The van der Waals surface area contributed by atoms with E-state index in [1.54, 1.807) is 58.9 Å². The number of carbonyl (C=O) groups is 4. The highest BCUT2D eigenvalue weighted by Crippen LogP contribution is 2.28. The Morgan fingerprint density at radius 1 is 0.977 bits per heavy atom. The minimum Gasteiger partial charge on any atom is -0.508 e. The lowest BCUT2D eigenvalue weighted by molar-refractivity contribution is -0.144. The summed E-state index contributed by atoms with van der Waals surface area (Å²) in [5.41, 5.74) is 0.823. The summed E-state index contributed by atoms with van der Waals surface area (Å²) in [6, 6.07) is 8.70. The average molecular weight is 614 g/mol. The molecule has 2 aromatic rings. The Bertz CT molecular complexity index is 1260. The molecule has 242 valence electrons. The van der Waals surface area contributed by atoms with Crippen LogP contribution in [0, 0.1) is 6.92 Å². The van der Waals surface area contributed by atoms with Gasteiger partial charge in [-0.1, -0.05) is 38.0 Å². The van der Waals surface area contributed by atoms with Crippen molar-refractivity contribution in [1.82, 2.24) is 15.5 Å². The summed E-state index contributed by atoms with van der Waals surface area (Å²) >= 11 is 0. The highest BCUT2D eigenvalue weighted by Gasteiger charge is 2.36. The van der Waals surface area contributed by atoms with E-state index in [-0.39, 0.29) is 44.0 Å². The van der Waals surface area contributed by atoms with Crippen LogP contribution in [0.15, 0.2) is 42.5 Å². The van der Waals surface area contributed by atoms with Gasteiger partial charge in [-0.15, -0.1) is 0 Å². The number of benzene rings is 2. The van der Waals surface area contributed by atoms with Crippen LogP contribution in [-0.4, -0.2) is 70.3 Å². The van der Waals surface area contributed by atoms with Crippen LogP contribution >= 0.6 is 0 Å². The topological polar surface area (TPSA) is 154 Å². The molecule has 0 aliphatic rings. The number of carbonyl (C=O) groups excluding carboxylic acids is 4. The Labute approximate surface area is 259 Å². The average Bonchev–Trinajstić information content (AvgIpc) is 2.94. The number of nitrogens with one attached hydrogen (secondary N) is 2. The zero-order valence-electron chi connectivity index (χ0n) is 26.6. The normalized spacial score (nSPS) is 12.5. The van der Waals surface area contributed by atoms with Crippen molar-refractivity contribution in [3.63, 3.8) is 0 Å². The Balaban J connectivity index is 2.55. The highest BCUT2D eigenvalue weighted by molar-refractivity contribution is 5.92. The number of aromatic hydroxyl groups is 2. The SMILES string of the molecule is CCCCCN(C(=O)C(Cc1ccc(O)cc1)NC(=O)OC(C)(C)C)C(C(=O)NCCC(=O)OCC)c1ccc(O)c(C)c1. The first-order valence-corrected chi connectivity index (χ1v) is 15.1. The third-order valence-corrected chi connectivity index (χ3v) is 6.68. The van der Waals surface area contributed by atoms with Crippen LogP contribution in [0.3, 0.4) is 0 Å². The molecule has 0 saturated carbocycles. The summed E-state index contributed by atoms with van der Waals surface area (Å²) in [6.07, 6.45) is 1.47. The predicted molar refractivity (Wildman–Crippen MR) is 166 cm³/mol. The van der Waals surface area contributed by atoms with Gasteiger partial charge in [0.25, 0.3) is 0 Å². The second-order valence-electron chi connectivity index (χ2n) is 11.6. The number of rotatable bonds is 15. The lowest BCUT2D eigenvalue weighted by Gasteiger charge is -2.35. The van der Waals surface area contributed by atoms with Crippen molar-refractivity contribution < 1.29 is 38.9 Å². The van der Waals surface area contributed by atoms with Gasteiger partial charge in [-0.05, 0) is 82.0 Å². The zero-order valence-corrected chi connectivity index (χ0v) is 26.6. The summed E-state index contributed by atoms with van der Waals surface area (Å²) < 4.78 is 10.4. The molecule has 0 aliphatic heterocycles. The van der Waals surface area contributed by atoms with Gasteiger partial charge in [0.05, 0.1) is 13.0 Å². The molecule has 0 aromatic heterocycles. The first-order chi connectivity index (χ1) is 20.7. The van der Waals surface area contributed by atoms with E-state index in [9.17, 15) is 29.4 Å². The Morgan fingerprint density at radius 2 is 1.66 bits per heavy atom. The van der Waals surface area contributed by atoms with Crippen LogP contribution in [0.2, 0.25) is 0 Å². The number of phenolic OH excluding ortho intramolecular Hbond substituents is 2.